The highest BCUT2D eigenvalue weighted by Gasteiger charge is 2.20. The van der Waals surface area contributed by atoms with E-state index in [2.05, 4.69) is 36.2 Å². The molecule has 20 heavy (non-hydrogen) atoms. The summed E-state index contributed by atoms with van der Waals surface area (Å²) in [7, 11) is 0. The molecule has 0 saturated carbocycles. The van der Waals surface area contributed by atoms with Gasteiger partial charge >= 0.3 is 0 Å². The molecule has 1 aliphatic heterocycles. The van der Waals surface area contributed by atoms with Crippen LogP contribution in [0.5, 0.6) is 0 Å². The molecule has 2 rings (SSSR count). The number of halogens is 1. The highest BCUT2D eigenvalue weighted by Crippen LogP contribution is 2.37. The first-order chi connectivity index (χ1) is 9.74. The van der Waals surface area contributed by atoms with E-state index in [0.717, 1.165) is 24.7 Å². The fourth-order valence-corrected chi connectivity index (χ4v) is 4.00. The van der Waals surface area contributed by atoms with Gasteiger partial charge in [0.05, 0.1) is 0 Å². The standard InChI is InChI=1S/C16H25ClN2S/c1-3-9-19(4-2)10-8-18-15-7-11-20-16-6-5-13(17)12-14(15)16/h5-6,12,15,18H,3-4,7-11H2,1-2H3. The molecule has 0 radical (unpaired) electrons. The van der Waals surface area contributed by atoms with Gasteiger partial charge in [0, 0.05) is 29.0 Å². The Balaban J connectivity index is 1.90. The molecular weight excluding hydrogens is 288 g/mol. The zero-order valence-electron chi connectivity index (χ0n) is 12.5. The molecule has 0 aromatic heterocycles. The first-order valence-electron chi connectivity index (χ1n) is 7.62. The summed E-state index contributed by atoms with van der Waals surface area (Å²) in [6, 6.07) is 6.75. The van der Waals surface area contributed by atoms with Gasteiger partial charge in [-0.05, 0) is 55.4 Å². The number of hydrogen-bond acceptors (Lipinski definition) is 3. The van der Waals surface area contributed by atoms with Crippen LogP contribution in [0.2, 0.25) is 5.02 Å². The smallest absolute Gasteiger partial charge is 0.0410 e. The summed E-state index contributed by atoms with van der Waals surface area (Å²) in [4.78, 5) is 3.89. The van der Waals surface area contributed by atoms with Crippen LogP contribution < -0.4 is 5.32 Å². The Labute approximate surface area is 132 Å². The second kappa shape index (κ2) is 8.28. The average molecular weight is 313 g/mol. The molecule has 1 N–H and O–H groups in total. The molecule has 0 fully saturated rings. The van der Waals surface area contributed by atoms with Gasteiger partial charge in [0.25, 0.3) is 0 Å². The molecule has 0 bridgehead atoms. The molecule has 0 amide bonds. The van der Waals surface area contributed by atoms with E-state index in [9.17, 15) is 0 Å². The van der Waals surface area contributed by atoms with Crippen LogP contribution in [0.4, 0.5) is 0 Å². The van der Waals surface area contributed by atoms with Crippen molar-refractivity contribution in [2.75, 3.05) is 31.9 Å². The summed E-state index contributed by atoms with van der Waals surface area (Å²) in [5.41, 5.74) is 1.38. The number of nitrogens with one attached hydrogen (secondary N) is 1. The van der Waals surface area contributed by atoms with Gasteiger partial charge < -0.3 is 10.2 Å². The molecule has 112 valence electrons. The Morgan fingerprint density at radius 2 is 2.20 bits per heavy atom. The third-order valence-corrected chi connectivity index (χ3v) is 5.17. The molecule has 2 nitrogen and oxygen atoms in total. The highest BCUT2D eigenvalue weighted by atomic mass is 35.5. The summed E-state index contributed by atoms with van der Waals surface area (Å²) in [5.74, 6) is 1.19. The van der Waals surface area contributed by atoms with E-state index < -0.39 is 0 Å². The Morgan fingerprint density at radius 1 is 1.35 bits per heavy atom. The van der Waals surface area contributed by atoms with E-state index in [1.807, 2.05) is 17.8 Å². The van der Waals surface area contributed by atoms with Gasteiger partial charge in [-0.2, -0.15) is 0 Å². The zero-order chi connectivity index (χ0) is 14.4. The maximum atomic E-state index is 6.14. The van der Waals surface area contributed by atoms with Crippen LogP contribution in [0.25, 0.3) is 0 Å². The van der Waals surface area contributed by atoms with Crippen molar-refractivity contribution in [2.24, 2.45) is 0 Å². The van der Waals surface area contributed by atoms with Crippen LogP contribution in [-0.2, 0) is 0 Å². The number of nitrogens with zero attached hydrogens (tertiary/aromatic N) is 1. The van der Waals surface area contributed by atoms with E-state index >= 15 is 0 Å². The van der Waals surface area contributed by atoms with E-state index in [1.54, 1.807) is 0 Å². The lowest BCUT2D eigenvalue weighted by Crippen LogP contribution is -2.35. The molecule has 1 atom stereocenters. The molecule has 1 aromatic carbocycles. The van der Waals surface area contributed by atoms with Gasteiger partial charge in [-0.25, -0.2) is 0 Å². The Kier molecular flexibility index (Phi) is 6.69. The Morgan fingerprint density at radius 3 is 2.95 bits per heavy atom. The molecule has 1 aliphatic rings. The zero-order valence-corrected chi connectivity index (χ0v) is 14.1. The number of benzene rings is 1. The Hall–Kier alpha value is -0.220. The number of hydrogen-bond donors (Lipinski definition) is 1. The van der Waals surface area contributed by atoms with Crippen LogP contribution in [-0.4, -0.2) is 36.8 Å². The van der Waals surface area contributed by atoms with E-state index in [4.69, 9.17) is 11.6 Å². The second-order valence-electron chi connectivity index (χ2n) is 5.26. The third kappa shape index (κ3) is 4.39. The normalized spacial score (nSPS) is 18.3. The van der Waals surface area contributed by atoms with Crippen molar-refractivity contribution in [2.45, 2.75) is 37.6 Å². The van der Waals surface area contributed by atoms with Gasteiger partial charge in [-0.3, -0.25) is 0 Å². The number of thioether (sulfide) groups is 1. The minimum Gasteiger partial charge on any atom is -0.309 e. The quantitative estimate of drug-likeness (QED) is 0.812. The largest absolute Gasteiger partial charge is 0.309 e. The van der Waals surface area contributed by atoms with Gasteiger partial charge in [0.2, 0.25) is 0 Å². The summed E-state index contributed by atoms with van der Waals surface area (Å²) in [6.45, 7) is 8.99. The molecule has 0 aliphatic carbocycles. The molecule has 1 heterocycles. The fraction of sp³-hybridized carbons (Fsp3) is 0.625. The van der Waals surface area contributed by atoms with E-state index in [1.165, 1.54) is 35.6 Å². The minimum atomic E-state index is 0.463. The number of fused-ring (bicyclic) bond motifs is 1. The molecule has 1 unspecified atom stereocenters. The monoisotopic (exact) mass is 312 g/mol. The van der Waals surface area contributed by atoms with Crippen molar-refractivity contribution in [1.82, 2.24) is 10.2 Å². The predicted molar refractivity (Wildman–Crippen MR) is 89.9 cm³/mol. The van der Waals surface area contributed by atoms with Crippen LogP contribution in [0.1, 0.15) is 38.3 Å². The summed E-state index contributed by atoms with van der Waals surface area (Å²) < 4.78 is 0. The van der Waals surface area contributed by atoms with Crippen LogP contribution in [0.15, 0.2) is 23.1 Å². The average Bonchev–Trinajstić information content (AvgIpc) is 2.46. The maximum Gasteiger partial charge on any atom is 0.0410 e. The number of rotatable bonds is 7. The van der Waals surface area contributed by atoms with E-state index in [-0.39, 0.29) is 0 Å². The van der Waals surface area contributed by atoms with Crippen LogP contribution in [0, 0.1) is 0 Å². The first-order valence-corrected chi connectivity index (χ1v) is 8.99. The molecule has 0 saturated heterocycles. The van der Waals surface area contributed by atoms with Gasteiger partial charge in [-0.1, -0.05) is 25.4 Å². The predicted octanol–water partition coefficient (Wildman–Crippen LogP) is 4.20. The van der Waals surface area contributed by atoms with Crippen molar-refractivity contribution in [3.8, 4) is 0 Å². The topological polar surface area (TPSA) is 15.3 Å². The van der Waals surface area contributed by atoms with Crippen molar-refractivity contribution < 1.29 is 0 Å². The SMILES string of the molecule is CCCN(CC)CCNC1CCSc2ccc(Cl)cc21. The third-order valence-electron chi connectivity index (χ3n) is 3.82. The van der Waals surface area contributed by atoms with Gasteiger partial charge in [0.1, 0.15) is 0 Å². The molecule has 1 aromatic rings. The number of likely N-dealkylation sites (N-methyl/N-ethyl adjacent to an activating group) is 1. The summed E-state index contributed by atoms with van der Waals surface area (Å²) in [5, 5.41) is 4.56. The highest BCUT2D eigenvalue weighted by molar-refractivity contribution is 7.99. The lowest BCUT2D eigenvalue weighted by Gasteiger charge is -2.28. The van der Waals surface area contributed by atoms with Crippen molar-refractivity contribution in [1.29, 1.82) is 0 Å². The maximum absolute atomic E-state index is 6.14. The van der Waals surface area contributed by atoms with Crippen molar-refractivity contribution in [3.63, 3.8) is 0 Å². The van der Waals surface area contributed by atoms with Crippen molar-refractivity contribution >= 4 is 23.4 Å². The first kappa shape index (κ1) is 16.2. The summed E-state index contributed by atoms with van der Waals surface area (Å²) in [6.07, 6.45) is 2.42. The fourth-order valence-electron chi connectivity index (χ4n) is 2.72. The lowest BCUT2D eigenvalue weighted by atomic mass is 10.0. The molecule has 0 spiro atoms. The molecule has 4 heteroatoms. The Bertz CT molecular complexity index is 425. The van der Waals surface area contributed by atoms with E-state index in [0.29, 0.717) is 6.04 Å². The van der Waals surface area contributed by atoms with Gasteiger partial charge in [-0.15, -0.1) is 11.8 Å². The lowest BCUT2D eigenvalue weighted by molar-refractivity contribution is 0.281. The van der Waals surface area contributed by atoms with Crippen LogP contribution >= 0.6 is 23.4 Å². The minimum absolute atomic E-state index is 0.463. The van der Waals surface area contributed by atoms with Crippen LogP contribution in [0.3, 0.4) is 0 Å². The van der Waals surface area contributed by atoms with Gasteiger partial charge in [0.15, 0.2) is 0 Å². The second-order valence-corrected chi connectivity index (χ2v) is 6.83. The summed E-state index contributed by atoms with van der Waals surface area (Å²) >= 11 is 8.09. The molecular formula is C16H25ClN2S. The van der Waals surface area contributed by atoms with Crippen molar-refractivity contribution in [3.05, 3.63) is 28.8 Å².